The average molecular weight is 234 g/mol. The molecule has 0 spiro atoms. The van der Waals surface area contributed by atoms with Gasteiger partial charge in [-0.25, -0.2) is 4.98 Å². The molecule has 2 rings (SSSR count). The molecule has 5 heteroatoms. The SMILES string of the molecule is CC(C)N1CCN(c2ccc(N)nc2)C(=O)C1. The van der Waals surface area contributed by atoms with E-state index in [1.165, 1.54) is 0 Å². The number of carbonyl (C=O) groups excluding carboxylic acids is 1. The van der Waals surface area contributed by atoms with E-state index >= 15 is 0 Å². The maximum absolute atomic E-state index is 12.0. The summed E-state index contributed by atoms with van der Waals surface area (Å²) < 4.78 is 0. The second-order valence-electron chi connectivity index (χ2n) is 4.55. The minimum Gasteiger partial charge on any atom is -0.384 e. The molecule has 1 amide bonds. The van der Waals surface area contributed by atoms with E-state index in [1.807, 2.05) is 6.07 Å². The van der Waals surface area contributed by atoms with Gasteiger partial charge in [-0.15, -0.1) is 0 Å². The highest BCUT2D eigenvalue weighted by atomic mass is 16.2. The van der Waals surface area contributed by atoms with Gasteiger partial charge in [-0.05, 0) is 26.0 Å². The lowest BCUT2D eigenvalue weighted by Gasteiger charge is -2.36. The van der Waals surface area contributed by atoms with Crippen molar-refractivity contribution in [1.82, 2.24) is 9.88 Å². The smallest absolute Gasteiger partial charge is 0.241 e. The third-order valence-electron chi connectivity index (χ3n) is 3.06. The van der Waals surface area contributed by atoms with Gasteiger partial charge in [0.15, 0.2) is 0 Å². The first-order valence-corrected chi connectivity index (χ1v) is 5.84. The van der Waals surface area contributed by atoms with Crippen molar-refractivity contribution in [3.8, 4) is 0 Å². The lowest BCUT2D eigenvalue weighted by Crippen LogP contribution is -2.52. The molecule has 1 aliphatic rings. The molecule has 1 aromatic heterocycles. The number of piperazine rings is 1. The molecular weight excluding hydrogens is 216 g/mol. The molecular formula is C12H18N4O. The van der Waals surface area contributed by atoms with E-state index in [4.69, 9.17) is 5.73 Å². The van der Waals surface area contributed by atoms with E-state index in [1.54, 1.807) is 17.2 Å². The summed E-state index contributed by atoms with van der Waals surface area (Å²) in [5.41, 5.74) is 6.36. The predicted octanol–water partition coefficient (Wildman–Crippen LogP) is 0.721. The van der Waals surface area contributed by atoms with E-state index in [9.17, 15) is 4.79 Å². The van der Waals surface area contributed by atoms with Gasteiger partial charge in [0, 0.05) is 19.1 Å². The summed E-state index contributed by atoms with van der Waals surface area (Å²) in [4.78, 5) is 20.0. The average Bonchev–Trinajstić information content (AvgIpc) is 2.30. The number of nitrogen functional groups attached to an aromatic ring is 1. The molecule has 17 heavy (non-hydrogen) atoms. The van der Waals surface area contributed by atoms with Gasteiger partial charge in [0.1, 0.15) is 5.82 Å². The van der Waals surface area contributed by atoms with Crippen molar-refractivity contribution < 1.29 is 4.79 Å². The van der Waals surface area contributed by atoms with Crippen LogP contribution in [-0.2, 0) is 4.79 Å². The van der Waals surface area contributed by atoms with Crippen LogP contribution in [0.1, 0.15) is 13.8 Å². The van der Waals surface area contributed by atoms with E-state index in [0.717, 1.165) is 12.2 Å². The molecule has 0 bridgehead atoms. The molecule has 0 aromatic carbocycles. The first-order chi connectivity index (χ1) is 8.08. The largest absolute Gasteiger partial charge is 0.384 e. The molecule has 0 aliphatic carbocycles. The molecule has 5 nitrogen and oxygen atoms in total. The molecule has 1 aromatic rings. The number of carbonyl (C=O) groups is 1. The van der Waals surface area contributed by atoms with Crippen molar-refractivity contribution in [3.63, 3.8) is 0 Å². The molecule has 0 unspecified atom stereocenters. The summed E-state index contributed by atoms with van der Waals surface area (Å²) in [7, 11) is 0. The van der Waals surface area contributed by atoms with Crippen LogP contribution in [-0.4, -0.2) is 41.5 Å². The maximum atomic E-state index is 12.0. The van der Waals surface area contributed by atoms with Gasteiger partial charge in [-0.1, -0.05) is 0 Å². The van der Waals surface area contributed by atoms with Crippen LogP contribution in [0.5, 0.6) is 0 Å². The van der Waals surface area contributed by atoms with Crippen LogP contribution in [0.3, 0.4) is 0 Å². The van der Waals surface area contributed by atoms with Crippen LogP contribution in [0.4, 0.5) is 11.5 Å². The number of anilines is 2. The Bertz CT molecular complexity index is 401. The molecule has 1 fully saturated rings. The van der Waals surface area contributed by atoms with Crippen LogP contribution in [0.25, 0.3) is 0 Å². The molecule has 1 saturated heterocycles. The summed E-state index contributed by atoms with van der Waals surface area (Å²) in [5, 5.41) is 0. The van der Waals surface area contributed by atoms with Crippen molar-refractivity contribution in [2.75, 3.05) is 30.3 Å². The first-order valence-electron chi connectivity index (χ1n) is 5.84. The van der Waals surface area contributed by atoms with Crippen molar-refractivity contribution in [1.29, 1.82) is 0 Å². The third-order valence-corrected chi connectivity index (χ3v) is 3.06. The number of hydrogen-bond donors (Lipinski definition) is 1. The zero-order valence-corrected chi connectivity index (χ0v) is 10.3. The third kappa shape index (κ3) is 2.55. The number of nitrogens with zero attached hydrogens (tertiary/aromatic N) is 3. The van der Waals surface area contributed by atoms with Crippen LogP contribution in [0.2, 0.25) is 0 Å². The number of rotatable bonds is 2. The lowest BCUT2D eigenvalue weighted by molar-refractivity contribution is -0.121. The Kier molecular flexibility index (Phi) is 3.28. The molecule has 2 N–H and O–H groups in total. The fraction of sp³-hybridized carbons (Fsp3) is 0.500. The van der Waals surface area contributed by atoms with Gasteiger partial charge < -0.3 is 10.6 Å². The Morgan fingerprint density at radius 3 is 2.65 bits per heavy atom. The monoisotopic (exact) mass is 234 g/mol. The minimum atomic E-state index is 0.122. The van der Waals surface area contributed by atoms with Gasteiger partial charge in [-0.3, -0.25) is 9.69 Å². The normalized spacial score (nSPS) is 17.8. The maximum Gasteiger partial charge on any atom is 0.241 e. The summed E-state index contributed by atoms with van der Waals surface area (Å²) >= 11 is 0. The molecule has 1 aliphatic heterocycles. The number of aromatic nitrogens is 1. The number of amides is 1. The van der Waals surface area contributed by atoms with Crippen molar-refractivity contribution in [2.45, 2.75) is 19.9 Å². The van der Waals surface area contributed by atoms with Gasteiger partial charge in [0.2, 0.25) is 5.91 Å². The topological polar surface area (TPSA) is 62.5 Å². The Labute approximate surface area is 101 Å². The van der Waals surface area contributed by atoms with E-state index in [2.05, 4.69) is 23.7 Å². The second-order valence-corrected chi connectivity index (χ2v) is 4.55. The van der Waals surface area contributed by atoms with Gasteiger partial charge >= 0.3 is 0 Å². The predicted molar refractivity (Wildman–Crippen MR) is 67.7 cm³/mol. The van der Waals surface area contributed by atoms with E-state index in [-0.39, 0.29) is 5.91 Å². The van der Waals surface area contributed by atoms with E-state index < -0.39 is 0 Å². The summed E-state index contributed by atoms with van der Waals surface area (Å²) in [6.07, 6.45) is 1.65. The van der Waals surface area contributed by atoms with E-state index in [0.29, 0.717) is 24.9 Å². The first kappa shape index (κ1) is 11.9. The quantitative estimate of drug-likeness (QED) is 0.819. The summed E-state index contributed by atoms with van der Waals surface area (Å²) in [6.45, 7) is 6.29. The van der Waals surface area contributed by atoms with Gasteiger partial charge in [0.05, 0.1) is 18.4 Å². The fourth-order valence-corrected chi connectivity index (χ4v) is 1.96. The van der Waals surface area contributed by atoms with Crippen molar-refractivity contribution in [3.05, 3.63) is 18.3 Å². The highest BCUT2D eigenvalue weighted by molar-refractivity contribution is 5.95. The zero-order valence-electron chi connectivity index (χ0n) is 10.3. The molecule has 0 radical (unpaired) electrons. The minimum absolute atomic E-state index is 0.122. The standard InChI is InChI=1S/C12H18N4O/c1-9(2)15-5-6-16(12(17)8-15)10-3-4-11(13)14-7-10/h3-4,7,9H,5-6,8H2,1-2H3,(H2,13,14). The Hall–Kier alpha value is -1.62. The Morgan fingerprint density at radius 2 is 2.12 bits per heavy atom. The fourth-order valence-electron chi connectivity index (χ4n) is 1.96. The molecule has 0 atom stereocenters. The lowest BCUT2D eigenvalue weighted by atomic mass is 10.2. The molecule has 0 saturated carbocycles. The molecule has 2 heterocycles. The van der Waals surface area contributed by atoms with Crippen molar-refractivity contribution in [2.24, 2.45) is 0 Å². The van der Waals surface area contributed by atoms with Crippen LogP contribution < -0.4 is 10.6 Å². The zero-order chi connectivity index (χ0) is 12.4. The number of pyridine rings is 1. The second kappa shape index (κ2) is 4.71. The van der Waals surface area contributed by atoms with Crippen LogP contribution in [0, 0.1) is 0 Å². The van der Waals surface area contributed by atoms with Gasteiger partial charge in [0.25, 0.3) is 0 Å². The Morgan fingerprint density at radius 1 is 1.35 bits per heavy atom. The van der Waals surface area contributed by atoms with Crippen molar-refractivity contribution >= 4 is 17.4 Å². The molecule has 92 valence electrons. The summed E-state index contributed by atoms with van der Waals surface area (Å²) in [5.74, 6) is 0.596. The highest BCUT2D eigenvalue weighted by Gasteiger charge is 2.26. The highest BCUT2D eigenvalue weighted by Crippen LogP contribution is 2.17. The van der Waals surface area contributed by atoms with Gasteiger partial charge in [-0.2, -0.15) is 0 Å². The Balaban J connectivity index is 2.09. The summed E-state index contributed by atoms with van der Waals surface area (Å²) in [6, 6.07) is 3.97. The number of hydrogen-bond acceptors (Lipinski definition) is 4. The van der Waals surface area contributed by atoms with Crippen LogP contribution >= 0.6 is 0 Å². The number of nitrogens with two attached hydrogens (primary N) is 1. The van der Waals surface area contributed by atoms with Crippen LogP contribution in [0.15, 0.2) is 18.3 Å².